The van der Waals surface area contributed by atoms with Crippen molar-refractivity contribution in [3.05, 3.63) is 163 Å². The molecule has 55 heavy (non-hydrogen) atoms. The normalized spacial score (nSPS) is 13.8. The fraction of sp³-hybridized carbons (Fsp3) is 0.0400. The zero-order chi connectivity index (χ0) is 36.1. The lowest BCUT2D eigenvalue weighted by Crippen LogP contribution is -2.67. The van der Waals surface area contributed by atoms with Crippen molar-refractivity contribution in [1.82, 2.24) is 0 Å². The van der Waals surface area contributed by atoms with Crippen LogP contribution in [0.15, 0.2) is 152 Å². The van der Waals surface area contributed by atoms with Crippen molar-refractivity contribution in [2.45, 2.75) is 13.8 Å². The molecule has 4 heterocycles. The molecule has 4 aliphatic heterocycles. The first-order chi connectivity index (χ1) is 27.1. The van der Waals surface area contributed by atoms with E-state index in [1.54, 1.807) is 0 Å². The predicted molar refractivity (Wildman–Crippen MR) is 231 cm³/mol. The third kappa shape index (κ3) is 3.87. The van der Waals surface area contributed by atoms with Gasteiger partial charge in [0.1, 0.15) is 23.0 Å². The van der Waals surface area contributed by atoms with Crippen LogP contribution in [0.4, 0.5) is 17.1 Å². The molecule has 0 aliphatic carbocycles. The van der Waals surface area contributed by atoms with Crippen LogP contribution in [0.5, 0.6) is 23.0 Å². The highest BCUT2D eigenvalue weighted by Gasteiger charge is 2.50. The molecule has 13 rings (SSSR count). The molecule has 0 saturated carbocycles. The molecule has 0 fully saturated rings. The summed E-state index contributed by atoms with van der Waals surface area (Å²) in [7, 11) is 0. The summed E-state index contributed by atoms with van der Waals surface area (Å²) in [4.78, 5) is 2.50. The minimum Gasteiger partial charge on any atom is -0.458 e. The summed E-state index contributed by atoms with van der Waals surface area (Å²) < 4.78 is 13.8. The predicted octanol–water partition coefficient (Wildman–Crippen LogP) is 8.77. The van der Waals surface area contributed by atoms with Crippen molar-refractivity contribution < 1.29 is 9.47 Å². The molecule has 0 amide bonds. The van der Waals surface area contributed by atoms with Gasteiger partial charge in [0.25, 0.3) is 13.4 Å². The number of ether oxygens (including phenoxy) is 2. The third-order valence-corrected chi connectivity index (χ3v) is 12.6. The van der Waals surface area contributed by atoms with E-state index in [2.05, 4.69) is 170 Å². The summed E-state index contributed by atoms with van der Waals surface area (Å²) >= 11 is 0. The molecule has 0 atom stereocenters. The quantitative estimate of drug-likeness (QED) is 0.126. The van der Waals surface area contributed by atoms with Crippen LogP contribution in [0, 0.1) is 13.8 Å². The van der Waals surface area contributed by atoms with E-state index in [-0.39, 0.29) is 13.4 Å². The molecular formula is C50H31B2NO2. The SMILES string of the molecule is Cc1ccc2c(c1)B1c3ccccc3Oc3cc4c5c(c31)N2c1ccc(C)cc1B5c1cc(-c2ccc3c5ccccc5c5ccccc5c3c2)ccc1O4. The number of fused-ring (bicyclic) bond motifs is 16. The number of anilines is 3. The molecule has 9 aromatic carbocycles. The Labute approximate surface area is 319 Å². The Hall–Kier alpha value is -6.71. The van der Waals surface area contributed by atoms with Gasteiger partial charge in [-0.3, -0.25) is 0 Å². The van der Waals surface area contributed by atoms with Crippen LogP contribution in [-0.2, 0) is 0 Å². The minimum atomic E-state index is -0.0137. The Kier molecular flexibility index (Phi) is 5.67. The molecule has 0 spiro atoms. The van der Waals surface area contributed by atoms with Gasteiger partial charge in [-0.05, 0) is 120 Å². The van der Waals surface area contributed by atoms with Crippen LogP contribution in [0.25, 0.3) is 43.4 Å². The maximum Gasteiger partial charge on any atom is 0.256 e. The zero-order valence-corrected chi connectivity index (χ0v) is 30.4. The Bertz CT molecular complexity index is 3190. The second-order valence-electron chi connectivity index (χ2n) is 15.7. The largest absolute Gasteiger partial charge is 0.458 e. The van der Waals surface area contributed by atoms with Gasteiger partial charge in [-0.1, -0.05) is 126 Å². The lowest BCUT2D eigenvalue weighted by Gasteiger charge is -2.47. The monoisotopic (exact) mass is 699 g/mol. The lowest BCUT2D eigenvalue weighted by molar-refractivity contribution is 0.466. The number of para-hydroxylation sites is 1. The van der Waals surface area contributed by atoms with Gasteiger partial charge in [-0.15, -0.1) is 0 Å². The van der Waals surface area contributed by atoms with Crippen LogP contribution < -0.4 is 47.2 Å². The molecular weight excluding hydrogens is 668 g/mol. The third-order valence-electron chi connectivity index (χ3n) is 12.6. The molecule has 5 heteroatoms. The van der Waals surface area contributed by atoms with E-state index in [9.17, 15) is 0 Å². The Balaban J connectivity index is 1.06. The second kappa shape index (κ2) is 10.5. The average Bonchev–Trinajstić information content (AvgIpc) is 3.22. The zero-order valence-electron chi connectivity index (χ0n) is 30.4. The summed E-state index contributed by atoms with van der Waals surface area (Å²) in [5.41, 5.74) is 16.0. The Morgan fingerprint density at radius 1 is 0.382 bits per heavy atom. The number of hydrogen-bond acceptors (Lipinski definition) is 3. The molecule has 0 unspecified atom stereocenters. The van der Waals surface area contributed by atoms with Crippen LogP contribution in [0.1, 0.15) is 11.1 Å². The van der Waals surface area contributed by atoms with Crippen molar-refractivity contribution >= 4 is 95.6 Å². The lowest BCUT2D eigenvalue weighted by atomic mass is 9.29. The highest BCUT2D eigenvalue weighted by molar-refractivity contribution is 7.03. The molecule has 0 N–H and O–H groups in total. The maximum absolute atomic E-state index is 7.00. The Morgan fingerprint density at radius 2 is 0.891 bits per heavy atom. The molecule has 9 aromatic rings. The van der Waals surface area contributed by atoms with Crippen molar-refractivity contribution in [3.8, 4) is 34.1 Å². The van der Waals surface area contributed by atoms with E-state index in [0.29, 0.717) is 0 Å². The average molecular weight is 699 g/mol. The van der Waals surface area contributed by atoms with Gasteiger partial charge in [-0.25, -0.2) is 0 Å². The van der Waals surface area contributed by atoms with Gasteiger partial charge in [-0.2, -0.15) is 0 Å². The summed E-state index contributed by atoms with van der Waals surface area (Å²) in [6, 6.07) is 56.0. The van der Waals surface area contributed by atoms with Crippen molar-refractivity contribution in [3.63, 3.8) is 0 Å². The van der Waals surface area contributed by atoms with Gasteiger partial charge < -0.3 is 14.4 Å². The van der Waals surface area contributed by atoms with Crippen molar-refractivity contribution in [2.75, 3.05) is 4.90 Å². The maximum atomic E-state index is 7.00. The van der Waals surface area contributed by atoms with Crippen LogP contribution in [0.3, 0.4) is 0 Å². The van der Waals surface area contributed by atoms with Gasteiger partial charge in [0.05, 0.1) is 0 Å². The fourth-order valence-electron chi connectivity index (χ4n) is 10.3. The van der Waals surface area contributed by atoms with E-state index in [4.69, 9.17) is 9.47 Å². The van der Waals surface area contributed by atoms with E-state index >= 15 is 0 Å². The van der Waals surface area contributed by atoms with E-state index in [0.717, 1.165) is 23.0 Å². The number of hydrogen-bond donors (Lipinski definition) is 0. The first-order valence-electron chi connectivity index (χ1n) is 19.2. The van der Waals surface area contributed by atoms with Crippen LogP contribution >= 0.6 is 0 Å². The van der Waals surface area contributed by atoms with Crippen molar-refractivity contribution in [2.24, 2.45) is 0 Å². The first-order valence-corrected chi connectivity index (χ1v) is 19.2. The van der Waals surface area contributed by atoms with E-state index < -0.39 is 0 Å². The van der Waals surface area contributed by atoms with Gasteiger partial charge >= 0.3 is 0 Å². The van der Waals surface area contributed by atoms with Crippen LogP contribution in [-0.4, -0.2) is 13.4 Å². The Morgan fingerprint density at radius 3 is 1.55 bits per heavy atom. The summed E-state index contributed by atoms with van der Waals surface area (Å²) in [6.45, 7) is 4.44. The van der Waals surface area contributed by atoms with E-state index in [1.165, 1.54) is 104 Å². The fourth-order valence-corrected chi connectivity index (χ4v) is 10.3. The number of benzene rings is 9. The second-order valence-corrected chi connectivity index (χ2v) is 15.7. The molecule has 0 aromatic heterocycles. The number of rotatable bonds is 1. The molecule has 0 bridgehead atoms. The van der Waals surface area contributed by atoms with Crippen LogP contribution in [0.2, 0.25) is 0 Å². The topological polar surface area (TPSA) is 21.7 Å². The van der Waals surface area contributed by atoms with Gasteiger partial charge in [0, 0.05) is 23.1 Å². The highest BCUT2D eigenvalue weighted by atomic mass is 16.5. The molecule has 3 nitrogen and oxygen atoms in total. The smallest absolute Gasteiger partial charge is 0.256 e. The molecule has 0 saturated heterocycles. The van der Waals surface area contributed by atoms with Crippen molar-refractivity contribution in [1.29, 1.82) is 0 Å². The summed E-state index contributed by atoms with van der Waals surface area (Å²) in [5.74, 6) is 3.55. The summed E-state index contributed by atoms with van der Waals surface area (Å²) in [6.07, 6.45) is 0. The number of aryl methyl sites for hydroxylation is 2. The summed E-state index contributed by atoms with van der Waals surface area (Å²) in [5, 5.41) is 7.71. The molecule has 0 radical (unpaired) electrons. The highest BCUT2D eigenvalue weighted by Crippen LogP contribution is 2.46. The minimum absolute atomic E-state index is 0.0137. The molecule has 254 valence electrons. The number of nitrogens with zero attached hydrogens (tertiary/aromatic N) is 1. The van der Waals surface area contributed by atoms with Gasteiger partial charge in [0.2, 0.25) is 0 Å². The molecule has 4 aliphatic rings. The standard InChI is InChI=1S/C50H31B2NO2/c1-28-15-20-42-39(23-28)51-38-13-7-8-14-44(38)54-46-27-47-49-50(48(46)51)53(42)43-21-16-29(2)24-40(43)52(49)41-26-31(18-22-45(41)55-47)30-17-19-36-34-11-4-3-9-32(34)33-10-5-6-12-35(33)37(36)25-30/h3-27H,1-2H3. The van der Waals surface area contributed by atoms with E-state index in [1.807, 2.05) is 0 Å². The first kappa shape index (κ1) is 29.7. The van der Waals surface area contributed by atoms with Gasteiger partial charge in [0.15, 0.2) is 0 Å².